The Morgan fingerprint density at radius 2 is 1.96 bits per heavy atom. The van der Waals surface area contributed by atoms with Crippen molar-refractivity contribution >= 4 is 26.9 Å². The second kappa shape index (κ2) is 7.33. The van der Waals surface area contributed by atoms with E-state index in [9.17, 15) is 18.0 Å². The number of ether oxygens (including phenoxy) is 1. The van der Waals surface area contributed by atoms with Crippen LogP contribution in [-0.4, -0.2) is 42.3 Å². The molecule has 0 amide bonds. The van der Waals surface area contributed by atoms with Crippen LogP contribution in [0.3, 0.4) is 0 Å². The smallest absolute Gasteiger partial charge is 0.326 e. The highest BCUT2D eigenvalue weighted by Gasteiger charge is 2.21. The monoisotopic (exact) mass is 391 g/mol. The summed E-state index contributed by atoms with van der Waals surface area (Å²) in [4.78, 5) is 28.5. The van der Waals surface area contributed by atoms with Crippen LogP contribution in [0.1, 0.15) is 5.76 Å². The van der Waals surface area contributed by atoms with E-state index >= 15 is 0 Å². The van der Waals surface area contributed by atoms with Gasteiger partial charge in [0, 0.05) is 14.1 Å². The normalized spacial score (nSPS) is 11.8. The van der Waals surface area contributed by atoms with E-state index < -0.39 is 16.0 Å². The van der Waals surface area contributed by atoms with Crippen LogP contribution in [-0.2, 0) is 32.7 Å². The number of hydrogen-bond acceptors (Lipinski definition) is 7. The van der Waals surface area contributed by atoms with Crippen molar-refractivity contribution in [3.63, 3.8) is 0 Å². The van der Waals surface area contributed by atoms with Gasteiger partial charge in [-0.1, -0.05) is 12.1 Å². The molecule has 0 radical (unpaired) electrons. The van der Waals surface area contributed by atoms with Crippen molar-refractivity contribution in [1.82, 2.24) is 13.9 Å². The number of carbonyl (C=O) groups excluding carboxylic acids is 1. The Morgan fingerprint density at radius 3 is 2.70 bits per heavy atom. The molecule has 0 aliphatic heterocycles. The van der Waals surface area contributed by atoms with Gasteiger partial charge in [0.2, 0.25) is 5.09 Å². The van der Waals surface area contributed by atoms with Gasteiger partial charge < -0.3 is 9.15 Å². The number of para-hydroxylation sites is 1. The van der Waals surface area contributed by atoms with E-state index in [1.807, 2.05) is 0 Å². The molecule has 0 spiro atoms. The van der Waals surface area contributed by atoms with Crippen LogP contribution in [0, 0.1) is 0 Å². The molecule has 0 saturated carbocycles. The maximum absolute atomic E-state index is 12.3. The predicted octanol–water partition coefficient (Wildman–Crippen LogP) is 0.983. The van der Waals surface area contributed by atoms with Crippen molar-refractivity contribution < 1.29 is 22.4 Å². The Hall–Kier alpha value is -2.98. The zero-order valence-electron chi connectivity index (χ0n) is 14.7. The van der Waals surface area contributed by atoms with Crippen LogP contribution in [0.4, 0.5) is 0 Å². The molecule has 0 atom stereocenters. The molecule has 0 saturated heterocycles. The number of fused-ring (bicyclic) bond motifs is 1. The summed E-state index contributed by atoms with van der Waals surface area (Å²) in [6.07, 6.45) is 1.28. The quantitative estimate of drug-likeness (QED) is 0.576. The molecule has 0 fully saturated rings. The molecule has 0 aliphatic carbocycles. The maximum atomic E-state index is 12.3. The SMILES string of the molecule is CN(C)S(=O)(=O)c1ccc(COC(=O)Cn2cnc3ccccc3c2=O)o1. The number of esters is 1. The number of carbonyl (C=O) groups is 1. The molecule has 3 aromatic rings. The topological polar surface area (TPSA) is 112 Å². The van der Waals surface area contributed by atoms with Gasteiger partial charge in [-0.25, -0.2) is 17.7 Å². The van der Waals surface area contributed by atoms with Gasteiger partial charge in [0.1, 0.15) is 18.9 Å². The minimum atomic E-state index is -3.70. The fourth-order valence-electron chi connectivity index (χ4n) is 2.31. The average molecular weight is 391 g/mol. The van der Waals surface area contributed by atoms with Gasteiger partial charge in [-0.3, -0.25) is 14.2 Å². The molecular formula is C17H17N3O6S. The second-order valence-corrected chi connectivity index (χ2v) is 7.95. The first kappa shape index (κ1) is 18.8. The zero-order valence-corrected chi connectivity index (χ0v) is 15.5. The third-order valence-electron chi connectivity index (χ3n) is 3.78. The standard InChI is InChI=1S/C17H17N3O6S/c1-19(2)27(23,24)16-8-7-12(26-16)10-25-15(21)9-20-11-18-14-6-4-3-5-13(14)17(20)22/h3-8,11H,9-10H2,1-2H3. The van der Waals surface area contributed by atoms with Crippen molar-refractivity contribution in [2.75, 3.05) is 14.1 Å². The molecule has 142 valence electrons. The largest absolute Gasteiger partial charge is 0.456 e. The van der Waals surface area contributed by atoms with Gasteiger partial charge in [0.15, 0.2) is 0 Å². The number of aromatic nitrogens is 2. The van der Waals surface area contributed by atoms with Crippen LogP contribution in [0.25, 0.3) is 10.9 Å². The van der Waals surface area contributed by atoms with Crippen molar-refractivity contribution in [2.24, 2.45) is 0 Å². The van der Waals surface area contributed by atoms with Crippen LogP contribution < -0.4 is 5.56 Å². The Bertz CT molecular complexity index is 1150. The van der Waals surface area contributed by atoms with Crippen LogP contribution in [0.5, 0.6) is 0 Å². The van der Waals surface area contributed by atoms with Crippen molar-refractivity contribution in [1.29, 1.82) is 0 Å². The highest BCUT2D eigenvalue weighted by molar-refractivity contribution is 7.88. The Balaban J connectivity index is 1.67. The van der Waals surface area contributed by atoms with E-state index in [1.54, 1.807) is 24.3 Å². The fraction of sp³-hybridized carbons (Fsp3) is 0.235. The first-order valence-electron chi connectivity index (χ1n) is 7.90. The number of benzene rings is 1. The van der Waals surface area contributed by atoms with Crippen LogP contribution in [0.15, 0.2) is 57.0 Å². The minimum absolute atomic E-state index is 0.174. The van der Waals surface area contributed by atoms with Gasteiger partial charge in [-0.2, -0.15) is 0 Å². The lowest BCUT2D eigenvalue weighted by atomic mass is 10.2. The van der Waals surface area contributed by atoms with Gasteiger partial charge in [-0.05, 0) is 24.3 Å². The molecule has 9 nitrogen and oxygen atoms in total. The van der Waals surface area contributed by atoms with Crippen LogP contribution >= 0.6 is 0 Å². The first-order chi connectivity index (χ1) is 12.8. The lowest BCUT2D eigenvalue weighted by Crippen LogP contribution is -2.25. The molecule has 3 rings (SSSR count). The molecule has 10 heteroatoms. The van der Waals surface area contributed by atoms with Gasteiger partial charge in [-0.15, -0.1) is 0 Å². The minimum Gasteiger partial charge on any atom is -0.456 e. The van der Waals surface area contributed by atoms with Gasteiger partial charge in [0.05, 0.1) is 17.2 Å². The summed E-state index contributed by atoms with van der Waals surface area (Å²) in [6, 6.07) is 9.51. The highest BCUT2D eigenvalue weighted by Crippen LogP contribution is 2.17. The summed E-state index contributed by atoms with van der Waals surface area (Å²) in [5.74, 6) is -0.504. The van der Waals surface area contributed by atoms with E-state index in [-0.39, 0.29) is 29.6 Å². The highest BCUT2D eigenvalue weighted by atomic mass is 32.2. The summed E-state index contributed by atoms with van der Waals surface area (Å²) in [7, 11) is -0.933. The second-order valence-electron chi connectivity index (χ2n) is 5.86. The predicted molar refractivity (Wildman–Crippen MR) is 95.4 cm³/mol. The average Bonchev–Trinajstić information content (AvgIpc) is 3.12. The zero-order chi connectivity index (χ0) is 19.6. The fourth-order valence-corrected chi connectivity index (χ4v) is 3.12. The summed E-state index contributed by atoms with van der Waals surface area (Å²) < 4.78 is 36.3. The Morgan fingerprint density at radius 1 is 1.22 bits per heavy atom. The number of furan rings is 1. The molecule has 1 aromatic carbocycles. The summed E-state index contributed by atoms with van der Waals surface area (Å²) in [5.41, 5.74) is 0.187. The number of sulfonamides is 1. The van der Waals surface area contributed by atoms with Crippen molar-refractivity contribution in [3.8, 4) is 0 Å². The third-order valence-corrected chi connectivity index (χ3v) is 5.47. The number of rotatable bonds is 6. The summed E-state index contributed by atoms with van der Waals surface area (Å²) in [6.45, 7) is -0.572. The molecule has 0 unspecified atom stereocenters. The van der Waals surface area contributed by atoms with Crippen LogP contribution in [0.2, 0.25) is 0 Å². The molecule has 2 heterocycles. The molecule has 0 N–H and O–H groups in total. The van der Waals surface area contributed by atoms with Crippen molar-refractivity contribution in [3.05, 3.63) is 58.8 Å². The molecule has 0 aliphatic rings. The summed E-state index contributed by atoms with van der Waals surface area (Å²) >= 11 is 0. The number of nitrogens with zero attached hydrogens (tertiary/aromatic N) is 3. The number of hydrogen-bond donors (Lipinski definition) is 0. The Kier molecular flexibility index (Phi) is 5.10. The lowest BCUT2D eigenvalue weighted by molar-refractivity contribution is -0.146. The van der Waals surface area contributed by atoms with E-state index in [4.69, 9.17) is 9.15 Å². The lowest BCUT2D eigenvalue weighted by Gasteiger charge is -2.08. The molecule has 27 heavy (non-hydrogen) atoms. The van der Waals surface area contributed by atoms with Gasteiger partial charge >= 0.3 is 5.97 Å². The Labute approximate surface area is 154 Å². The first-order valence-corrected chi connectivity index (χ1v) is 9.34. The molecule has 2 aromatic heterocycles. The summed E-state index contributed by atoms with van der Waals surface area (Å²) in [5, 5.41) is 0.158. The van der Waals surface area contributed by atoms with E-state index in [0.717, 1.165) is 8.87 Å². The van der Waals surface area contributed by atoms with E-state index in [2.05, 4.69) is 4.98 Å². The third kappa shape index (κ3) is 3.91. The molecule has 0 bridgehead atoms. The van der Waals surface area contributed by atoms with E-state index in [1.165, 1.54) is 32.6 Å². The van der Waals surface area contributed by atoms with E-state index in [0.29, 0.717) is 10.9 Å². The van der Waals surface area contributed by atoms with Crippen molar-refractivity contribution in [2.45, 2.75) is 18.2 Å². The molecular weight excluding hydrogens is 374 g/mol. The maximum Gasteiger partial charge on any atom is 0.326 e. The van der Waals surface area contributed by atoms with Gasteiger partial charge in [0.25, 0.3) is 15.6 Å².